The van der Waals surface area contributed by atoms with Gasteiger partial charge >= 0.3 is 0 Å². The topological polar surface area (TPSA) is 88.5 Å². The van der Waals surface area contributed by atoms with Crippen LogP contribution in [0.3, 0.4) is 0 Å². The summed E-state index contributed by atoms with van der Waals surface area (Å²) in [5.74, 6) is -3.36. The second-order valence-electron chi connectivity index (χ2n) is 8.06. The normalized spacial score (nSPS) is 11.2. The van der Waals surface area contributed by atoms with Gasteiger partial charge in [-0.25, -0.2) is 27.8 Å². The van der Waals surface area contributed by atoms with Crippen LogP contribution in [-0.2, 0) is 0 Å². The number of hydrogen-bond donors (Lipinski definition) is 2. The number of anilines is 1. The largest absolute Gasteiger partial charge is 0.345 e. The summed E-state index contributed by atoms with van der Waals surface area (Å²) in [5, 5.41) is 7.05. The van der Waals surface area contributed by atoms with Crippen LogP contribution in [0.2, 0.25) is 0 Å². The van der Waals surface area contributed by atoms with E-state index >= 15 is 4.39 Å². The van der Waals surface area contributed by atoms with Crippen molar-refractivity contribution in [1.82, 2.24) is 24.7 Å². The van der Waals surface area contributed by atoms with E-state index in [1.54, 1.807) is 41.5 Å². The van der Waals surface area contributed by atoms with E-state index in [4.69, 9.17) is 0 Å². The van der Waals surface area contributed by atoms with Crippen LogP contribution in [0.25, 0.3) is 27.4 Å². The number of ketones is 1. The van der Waals surface area contributed by atoms with Crippen molar-refractivity contribution in [1.29, 1.82) is 0 Å². The van der Waals surface area contributed by atoms with Gasteiger partial charge in [0.1, 0.15) is 17.3 Å². The number of carbonyl (C=O) groups excluding carboxylic acids is 1. The quantitative estimate of drug-likeness (QED) is 0.172. The molecule has 0 spiro atoms. The number of rotatable bonds is 7. The Morgan fingerprint density at radius 2 is 2.00 bits per heavy atom. The molecule has 188 valence electrons. The number of nitrogens with one attached hydrogen (secondary N) is 2. The molecule has 0 amide bonds. The Balaban J connectivity index is 1.33. The number of benzene rings is 2. The van der Waals surface area contributed by atoms with Crippen LogP contribution in [0.1, 0.15) is 15.9 Å². The molecule has 4 heterocycles. The summed E-state index contributed by atoms with van der Waals surface area (Å²) in [4.78, 5) is 25.7. The average Bonchev–Trinajstić information content (AvgIpc) is 3.68. The first-order chi connectivity index (χ1) is 18.5. The molecule has 0 saturated carbocycles. The van der Waals surface area contributed by atoms with Crippen molar-refractivity contribution in [3.63, 3.8) is 0 Å². The summed E-state index contributed by atoms with van der Waals surface area (Å²) in [5.41, 5.74) is 0.865. The fourth-order valence-corrected chi connectivity index (χ4v) is 5.31. The minimum atomic E-state index is -1.05. The lowest BCUT2D eigenvalue weighted by molar-refractivity contribution is 0.103. The highest BCUT2D eigenvalue weighted by Gasteiger charge is 2.25. The Morgan fingerprint density at radius 1 is 1.11 bits per heavy atom. The van der Waals surface area contributed by atoms with Gasteiger partial charge in [-0.15, -0.1) is 11.3 Å². The molecule has 0 bridgehead atoms. The molecule has 12 heteroatoms. The molecule has 0 aliphatic heterocycles. The molecule has 7 nitrogen and oxygen atoms in total. The van der Waals surface area contributed by atoms with Gasteiger partial charge in [0.05, 0.1) is 16.9 Å². The summed E-state index contributed by atoms with van der Waals surface area (Å²) < 4.78 is 48.0. The van der Waals surface area contributed by atoms with Gasteiger partial charge in [0.25, 0.3) is 0 Å². The lowest BCUT2D eigenvalue weighted by atomic mass is 10.0. The van der Waals surface area contributed by atoms with E-state index in [2.05, 4.69) is 24.8 Å². The highest BCUT2D eigenvalue weighted by Crippen LogP contribution is 2.31. The Hall–Kier alpha value is -4.42. The molecule has 38 heavy (non-hydrogen) atoms. The molecule has 2 N–H and O–H groups in total. The summed E-state index contributed by atoms with van der Waals surface area (Å²) >= 11 is 2.32. The van der Waals surface area contributed by atoms with Crippen molar-refractivity contribution in [2.24, 2.45) is 0 Å². The summed E-state index contributed by atoms with van der Waals surface area (Å²) in [6, 6.07) is 11.4. The third kappa shape index (κ3) is 4.44. The fraction of sp³-hybridized carbons (Fsp3) is 0. The van der Waals surface area contributed by atoms with Gasteiger partial charge in [0.15, 0.2) is 5.82 Å². The lowest BCUT2D eigenvalue weighted by Crippen LogP contribution is -2.09. The number of hydrogen-bond acceptors (Lipinski definition) is 7. The zero-order valence-electron chi connectivity index (χ0n) is 19.2. The number of aromatic amines is 1. The van der Waals surface area contributed by atoms with E-state index in [1.807, 2.05) is 5.38 Å². The molecule has 0 saturated heterocycles. The monoisotopic (exact) mass is 548 g/mol. The first kappa shape index (κ1) is 23.9. The smallest absolute Gasteiger partial charge is 0.210 e. The highest BCUT2D eigenvalue weighted by molar-refractivity contribution is 8.00. The zero-order chi connectivity index (χ0) is 26.2. The summed E-state index contributed by atoms with van der Waals surface area (Å²) in [6.45, 7) is 0. The molecule has 0 unspecified atom stereocenters. The van der Waals surface area contributed by atoms with Crippen molar-refractivity contribution in [3.05, 3.63) is 107 Å². The second-order valence-corrected chi connectivity index (χ2v) is 9.78. The van der Waals surface area contributed by atoms with E-state index in [-0.39, 0.29) is 11.3 Å². The number of halogens is 3. The fourth-order valence-electron chi connectivity index (χ4n) is 3.83. The number of nitrogens with zero attached hydrogens (tertiary/aromatic N) is 4. The Morgan fingerprint density at radius 3 is 2.82 bits per heavy atom. The molecule has 4 aromatic heterocycles. The Bertz CT molecular complexity index is 1800. The number of aromatic nitrogens is 5. The molecule has 0 fully saturated rings. The zero-order valence-corrected chi connectivity index (χ0v) is 20.8. The Kier molecular flexibility index (Phi) is 6.18. The number of carbonyl (C=O) groups is 1. The third-order valence-electron chi connectivity index (χ3n) is 5.66. The van der Waals surface area contributed by atoms with Gasteiger partial charge < -0.3 is 9.71 Å². The minimum Gasteiger partial charge on any atom is -0.345 e. The maximum Gasteiger partial charge on any atom is 0.210 e. The van der Waals surface area contributed by atoms with Crippen molar-refractivity contribution in [2.75, 3.05) is 4.72 Å². The molecule has 6 aromatic rings. The summed E-state index contributed by atoms with van der Waals surface area (Å²) in [7, 11) is 0. The lowest BCUT2D eigenvalue weighted by Gasteiger charge is -2.11. The highest BCUT2D eigenvalue weighted by atomic mass is 32.2. The van der Waals surface area contributed by atoms with E-state index in [1.165, 1.54) is 41.8 Å². The number of H-pyrrole nitrogens is 1. The van der Waals surface area contributed by atoms with E-state index < -0.39 is 28.8 Å². The molecule has 0 atom stereocenters. The van der Waals surface area contributed by atoms with Gasteiger partial charge in [-0.1, -0.05) is 6.07 Å². The Labute approximate surface area is 221 Å². The molecule has 0 radical (unpaired) electrons. The molecule has 6 rings (SSSR count). The van der Waals surface area contributed by atoms with Crippen molar-refractivity contribution < 1.29 is 18.0 Å². The SMILES string of the molecule is O=C(c1c(F)ccc(NSc2cccc(F)c2)c1F)c1c[nH]c2ncc(-c3csc(-n4cccn4)n3)cc12. The van der Waals surface area contributed by atoms with Crippen LogP contribution in [0.4, 0.5) is 18.9 Å². The molecular formula is C26H15F3N6OS2. The average molecular weight is 549 g/mol. The molecule has 2 aromatic carbocycles. The van der Waals surface area contributed by atoms with Gasteiger partial charge in [0.2, 0.25) is 10.9 Å². The number of thiazole rings is 1. The van der Waals surface area contributed by atoms with Crippen LogP contribution in [-0.4, -0.2) is 30.5 Å². The van der Waals surface area contributed by atoms with Gasteiger partial charge in [-0.05, 0) is 54.4 Å². The van der Waals surface area contributed by atoms with Crippen molar-refractivity contribution in [2.45, 2.75) is 4.90 Å². The predicted molar refractivity (Wildman–Crippen MR) is 140 cm³/mol. The maximum absolute atomic E-state index is 15.4. The number of fused-ring (bicyclic) bond motifs is 1. The first-order valence-corrected chi connectivity index (χ1v) is 12.8. The third-order valence-corrected chi connectivity index (χ3v) is 7.30. The van der Waals surface area contributed by atoms with E-state index in [0.717, 1.165) is 18.0 Å². The second kappa shape index (κ2) is 9.80. The maximum atomic E-state index is 15.4. The van der Waals surface area contributed by atoms with Crippen molar-refractivity contribution >= 4 is 45.8 Å². The van der Waals surface area contributed by atoms with E-state index in [0.29, 0.717) is 32.3 Å². The van der Waals surface area contributed by atoms with E-state index in [9.17, 15) is 13.6 Å². The van der Waals surface area contributed by atoms with Crippen LogP contribution in [0.15, 0.2) is 83.6 Å². The van der Waals surface area contributed by atoms with Crippen molar-refractivity contribution in [3.8, 4) is 16.4 Å². The van der Waals surface area contributed by atoms with Crippen LogP contribution in [0, 0.1) is 17.5 Å². The first-order valence-electron chi connectivity index (χ1n) is 11.1. The van der Waals surface area contributed by atoms with Crippen LogP contribution < -0.4 is 4.72 Å². The van der Waals surface area contributed by atoms with Gasteiger partial charge in [-0.2, -0.15) is 5.10 Å². The predicted octanol–water partition coefficient (Wildman–Crippen LogP) is 6.64. The molecule has 0 aliphatic carbocycles. The van der Waals surface area contributed by atoms with Gasteiger partial charge in [0, 0.05) is 51.6 Å². The number of pyridine rings is 1. The van der Waals surface area contributed by atoms with Crippen LogP contribution >= 0.6 is 23.3 Å². The minimum absolute atomic E-state index is 0.0598. The summed E-state index contributed by atoms with van der Waals surface area (Å²) in [6.07, 6.45) is 6.40. The van der Waals surface area contributed by atoms with Gasteiger partial charge in [-0.3, -0.25) is 4.79 Å². The molecule has 0 aliphatic rings. The molecular weight excluding hydrogens is 533 g/mol. The standard InChI is InChI=1S/C26H15F3N6OS2/c27-15-3-1-4-16(10-15)38-34-20-6-5-19(28)22(23(20)29)24(36)18-12-31-25-17(18)9-14(11-30-25)21-13-37-26(33-21)35-8-2-7-32-35/h1-13,34H,(H,30,31). The van der Waals surface area contributed by atoms with Crippen LogP contribution in [0.5, 0.6) is 0 Å².